The summed E-state index contributed by atoms with van der Waals surface area (Å²) < 4.78 is 5.59. The number of carbonyl (C=O) groups excluding carboxylic acids is 2. The highest BCUT2D eigenvalue weighted by Crippen LogP contribution is 2.12. The Kier molecular flexibility index (Phi) is 6.47. The van der Waals surface area contributed by atoms with Crippen LogP contribution in [0.5, 0.6) is 5.75 Å². The van der Waals surface area contributed by atoms with E-state index in [1.807, 2.05) is 64.4 Å². The first-order chi connectivity index (χ1) is 13.2. The lowest BCUT2D eigenvalue weighted by Crippen LogP contribution is -2.50. The van der Waals surface area contributed by atoms with E-state index in [2.05, 4.69) is 6.92 Å². The zero-order chi connectivity index (χ0) is 19.1. The molecule has 0 aliphatic carbocycles. The summed E-state index contributed by atoms with van der Waals surface area (Å²) in [4.78, 5) is 28.6. The first-order valence-electron chi connectivity index (χ1n) is 9.51. The number of aryl methyl sites for hydroxylation is 1. The van der Waals surface area contributed by atoms with Gasteiger partial charge in [0.2, 0.25) is 5.91 Å². The monoisotopic (exact) mass is 366 g/mol. The highest BCUT2D eigenvalue weighted by molar-refractivity contribution is 5.94. The van der Waals surface area contributed by atoms with Crippen LogP contribution in [0.4, 0.5) is 0 Å². The molecule has 1 aliphatic rings. The number of benzene rings is 2. The van der Waals surface area contributed by atoms with E-state index in [9.17, 15) is 9.59 Å². The van der Waals surface area contributed by atoms with Crippen molar-refractivity contribution in [2.45, 2.75) is 19.8 Å². The van der Waals surface area contributed by atoms with Crippen molar-refractivity contribution < 1.29 is 14.3 Å². The fraction of sp³-hybridized carbons (Fsp3) is 0.364. The average Bonchev–Trinajstić information content (AvgIpc) is 2.74. The third-order valence-electron chi connectivity index (χ3n) is 4.86. The van der Waals surface area contributed by atoms with E-state index in [0.29, 0.717) is 44.8 Å². The van der Waals surface area contributed by atoms with Gasteiger partial charge in [0.1, 0.15) is 5.75 Å². The van der Waals surface area contributed by atoms with Crippen molar-refractivity contribution >= 4 is 11.8 Å². The second kappa shape index (κ2) is 9.21. The molecular weight excluding hydrogens is 340 g/mol. The van der Waals surface area contributed by atoms with Gasteiger partial charge in [-0.1, -0.05) is 37.3 Å². The van der Waals surface area contributed by atoms with E-state index in [1.165, 1.54) is 5.56 Å². The summed E-state index contributed by atoms with van der Waals surface area (Å²) in [6.07, 6.45) is 1.31. The summed E-state index contributed by atoms with van der Waals surface area (Å²) in [5, 5.41) is 0. The van der Waals surface area contributed by atoms with Crippen LogP contribution < -0.4 is 4.74 Å². The predicted molar refractivity (Wildman–Crippen MR) is 105 cm³/mol. The van der Waals surface area contributed by atoms with Gasteiger partial charge >= 0.3 is 0 Å². The molecule has 3 rings (SSSR count). The third kappa shape index (κ3) is 5.09. The number of amides is 2. The van der Waals surface area contributed by atoms with Crippen LogP contribution in [-0.4, -0.2) is 54.4 Å². The highest BCUT2D eigenvalue weighted by atomic mass is 16.5. The molecule has 142 valence electrons. The summed E-state index contributed by atoms with van der Waals surface area (Å²) in [6, 6.07) is 17.3. The number of rotatable bonds is 6. The summed E-state index contributed by atoms with van der Waals surface area (Å²) in [6.45, 7) is 4.74. The quantitative estimate of drug-likeness (QED) is 0.790. The summed E-state index contributed by atoms with van der Waals surface area (Å²) in [7, 11) is 0. The van der Waals surface area contributed by atoms with Crippen molar-refractivity contribution in [2.24, 2.45) is 0 Å². The van der Waals surface area contributed by atoms with Crippen LogP contribution in [0.3, 0.4) is 0 Å². The summed E-state index contributed by atoms with van der Waals surface area (Å²) in [5.74, 6) is 0.886. The average molecular weight is 366 g/mol. The van der Waals surface area contributed by atoms with Gasteiger partial charge in [-0.15, -0.1) is 0 Å². The van der Waals surface area contributed by atoms with Gasteiger partial charge in [-0.25, -0.2) is 0 Å². The molecule has 0 aromatic heterocycles. The molecule has 0 bridgehead atoms. The normalized spacial score (nSPS) is 14.1. The Hall–Kier alpha value is -2.82. The molecule has 2 aromatic rings. The van der Waals surface area contributed by atoms with Gasteiger partial charge in [-0.2, -0.15) is 0 Å². The number of ether oxygens (including phenoxy) is 1. The second-order valence-electron chi connectivity index (χ2n) is 6.63. The lowest BCUT2D eigenvalue weighted by molar-refractivity contribution is -0.133. The maximum Gasteiger partial charge on any atom is 0.253 e. The van der Waals surface area contributed by atoms with Crippen LogP contribution in [0, 0.1) is 0 Å². The molecule has 5 heteroatoms. The van der Waals surface area contributed by atoms with Crippen LogP contribution in [0.2, 0.25) is 0 Å². The summed E-state index contributed by atoms with van der Waals surface area (Å²) >= 11 is 0. The number of hydrogen-bond donors (Lipinski definition) is 0. The fourth-order valence-electron chi connectivity index (χ4n) is 3.16. The first-order valence-corrected chi connectivity index (χ1v) is 9.51. The van der Waals surface area contributed by atoms with Gasteiger partial charge in [0, 0.05) is 31.7 Å². The van der Waals surface area contributed by atoms with Crippen LogP contribution in [0.1, 0.15) is 29.3 Å². The Balaban J connectivity index is 1.43. The molecule has 27 heavy (non-hydrogen) atoms. The minimum Gasteiger partial charge on any atom is -0.493 e. The van der Waals surface area contributed by atoms with E-state index in [0.717, 1.165) is 12.2 Å². The molecule has 5 nitrogen and oxygen atoms in total. The molecule has 0 saturated carbocycles. The maximum absolute atomic E-state index is 12.6. The minimum absolute atomic E-state index is 0.0390. The lowest BCUT2D eigenvalue weighted by Gasteiger charge is -2.35. The zero-order valence-corrected chi connectivity index (χ0v) is 15.8. The highest BCUT2D eigenvalue weighted by Gasteiger charge is 2.24. The molecule has 1 heterocycles. The Bertz CT molecular complexity index is 751. The zero-order valence-electron chi connectivity index (χ0n) is 15.8. The Morgan fingerprint density at radius 1 is 0.889 bits per heavy atom. The van der Waals surface area contributed by atoms with Gasteiger partial charge in [0.25, 0.3) is 5.91 Å². The molecule has 1 saturated heterocycles. The molecule has 0 atom stereocenters. The Labute approximate surface area is 160 Å². The topological polar surface area (TPSA) is 49.9 Å². The molecule has 2 amide bonds. The van der Waals surface area contributed by atoms with Crippen LogP contribution >= 0.6 is 0 Å². The minimum atomic E-state index is 0.0390. The van der Waals surface area contributed by atoms with Gasteiger partial charge in [0.15, 0.2) is 0 Å². The van der Waals surface area contributed by atoms with Gasteiger partial charge in [-0.3, -0.25) is 9.59 Å². The SMILES string of the molecule is CCc1ccc(C(=O)N2CCN(C(=O)CCOc3ccccc3)CC2)cc1. The first kappa shape index (κ1) is 19.0. The molecule has 1 fully saturated rings. The van der Waals surface area contributed by atoms with Crippen molar-refractivity contribution in [2.75, 3.05) is 32.8 Å². The van der Waals surface area contributed by atoms with Crippen LogP contribution in [0.15, 0.2) is 54.6 Å². The number of carbonyl (C=O) groups is 2. The molecule has 0 unspecified atom stereocenters. The smallest absolute Gasteiger partial charge is 0.253 e. The van der Waals surface area contributed by atoms with E-state index in [1.54, 1.807) is 0 Å². The largest absolute Gasteiger partial charge is 0.493 e. The predicted octanol–water partition coefficient (Wildman–Crippen LogP) is 3.00. The number of nitrogens with zero attached hydrogens (tertiary/aromatic N) is 2. The van der Waals surface area contributed by atoms with Gasteiger partial charge in [-0.05, 0) is 36.2 Å². The number of piperazine rings is 1. The van der Waals surface area contributed by atoms with Gasteiger partial charge < -0.3 is 14.5 Å². The summed E-state index contributed by atoms with van der Waals surface area (Å²) in [5.41, 5.74) is 1.93. The van der Waals surface area contributed by atoms with Crippen LogP contribution in [0.25, 0.3) is 0 Å². The molecule has 2 aromatic carbocycles. The van der Waals surface area contributed by atoms with Crippen molar-refractivity contribution in [1.29, 1.82) is 0 Å². The molecular formula is C22H26N2O3. The maximum atomic E-state index is 12.6. The lowest BCUT2D eigenvalue weighted by atomic mass is 10.1. The van der Waals surface area contributed by atoms with E-state index >= 15 is 0 Å². The van der Waals surface area contributed by atoms with Crippen molar-refractivity contribution in [3.8, 4) is 5.75 Å². The second-order valence-corrected chi connectivity index (χ2v) is 6.63. The van der Waals surface area contributed by atoms with Crippen molar-refractivity contribution in [3.63, 3.8) is 0 Å². The van der Waals surface area contributed by atoms with E-state index in [-0.39, 0.29) is 11.8 Å². The number of hydrogen-bond acceptors (Lipinski definition) is 3. The molecule has 0 spiro atoms. The van der Waals surface area contributed by atoms with Crippen LogP contribution in [-0.2, 0) is 11.2 Å². The third-order valence-corrected chi connectivity index (χ3v) is 4.86. The Morgan fingerprint density at radius 2 is 1.52 bits per heavy atom. The fourth-order valence-corrected chi connectivity index (χ4v) is 3.16. The van der Waals surface area contributed by atoms with E-state index < -0.39 is 0 Å². The van der Waals surface area contributed by atoms with Crippen molar-refractivity contribution in [3.05, 3.63) is 65.7 Å². The van der Waals surface area contributed by atoms with E-state index in [4.69, 9.17) is 4.74 Å². The molecule has 0 radical (unpaired) electrons. The Morgan fingerprint density at radius 3 is 2.15 bits per heavy atom. The van der Waals surface area contributed by atoms with Crippen molar-refractivity contribution in [1.82, 2.24) is 9.80 Å². The molecule has 0 N–H and O–H groups in total. The standard InChI is InChI=1S/C22H26N2O3/c1-2-18-8-10-19(11-9-18)22(26)24-15-13-23(14-16-24)21(25)12-17-27-20-6-4-3-5-7-20/h3-11H,2,12-17H2,1H3. The number of para-hydroxylation sites is 1. The van der Waals surface area contributed by atoms with Gasteiger partial charge in [0.05, 0.1) is 13.0 Å². The molecule has 1 aliphatic heterocycles.